The van der Waals surface area contributed by atoms with Crippen LogP contribution in [-0.2, 0) is 43.2 Å². The molecule has 0 N–H and O–H groups in total. The summed E-state index contributed by atoms with van der Waals surface area (Å²) in [4.78, 5) is 80.3. The third-order valence-corrected chi connectivity index (χ3v) is 4.44. The summed E-state index contributed by atoms with van der Waals surface area (Å²) in [5.41, 5.74) is -1.35. The predicted molar refractivity (Wildman–Crippen MR) is 109 cm³/mol. The molecule has 0 saturated carbocycles. The summed E-state index contributed by atoms with van der Waals surface area (Å²) >= 11 is 0. The van der Waals surface area contributed by atoms with Gasteiger partial charge in [-0.2, -0.15) is 0 Å². The lowest BCUT2D eigenvalue weighted by molar-refractivity contribution is -0.203. The molecule has 180 valence electrons. The molecule has 0 atom stereocenters. The van der Waals surface area contributed by atoms with Crippen LogP contribution >= 0.6 is 0 Å². The Morgan fingerprint density at radius 1 is 0.906 bits per heavy atom. The van der Waals surface area contributed by atoms with Crippen LogP contribution in [0.5, 0.6) is 0 Å². The summed E-state index contributed by atoms with van der Waals surface area (Å²) in [7, 11) is 0. The molecule has 1 aliphatic heterocycles. The van der Waals surface area contributed by atoms with Crippen LogP contribution in [0.3, 0.4) is 0 Å². The van der Waals surface area contributed by atoms with Crippen LogP contribution in [0.25, 0.3) is 0 Å². The van der Waals surface area contributed by atoms with E-state index in [9.17, 15) is 28.8 Å². The van der Waals surface area contributed by atoms with Gasteiger partial charge in [0.25, 0.3) is 23.6 Å². The van der Waals surface area contributed by atoms with E-state index in [1.165, 1.54) is 0 Å². The molecule has 0 aromatic carbocycles. The second-order valence-electron chi connectivity index (χ2n) is 9.24. The smallest absolute Gasteiger partial charge is 0.333 e. The molecular formula is C21H32N2O9. The lowest BCUT2D eigenvalue weighted by atomic mass is 9.89. The molecule has 11 heteroatoms. The van der Waals surface area contributed by atoms with Gasteiger partial charge < -0.3 is 14.4 Å². The van der Waals surface area contributed by atoms with E-state index in [0.717, 1.165) is 6.92 Å². The van der Waals surface area contributed by atoms with Gasteiger partial charge in [-0.1, -0.05) is 34.6 Å². The summed E-state index contributed by atoms with van der Waals surface area (Å²) in [5.74, 6) is -3.88. The first kappa shape index (κ1) is 27.2. The maximum atomic E-state index is 12.2. The standard InChI is InChI=1S/C21H32N2O9/c1-7-15(25)22(14(2)24)31-18(28)10-20(3,4)12-30-13-21(5,6)11-19(29)32-23-16(26)8-9-17(23)27/h7-13H2,1-6H3. The van der Waals surface area contributed by atoms with Gasteiger partial charge in [-0.25, -0.2) is 9.59 Å². The van der Waals surface area contributed by atoms with Crippen molar-refractivity contribution in [2.24, 2.45) is 10.8 Å². The molecule has 0 aromatic heterocycles. The third-order valence-electron chi connectivity index (χ3n) is 4.44. The molecule has 1 aliphatic rings. The number of carbonyl (C=O) groups excluding carboxylic acids is 6. The van der Waals surface area contributed by atoms with Gasteiger partial charge >= 0.3 is 11.9 Å². The summed E-state index contributed by atoms with van der Waals surface area (Å²) in [6.07, 6.45) is -0.161. The van der Waals surface area contributed by atoms with Crippen LogP contribution in [0.15, 0.2) is 0 Å². The molecule has 0 aliphatic carbocycles. The van der Waals surface area contributed by atoms with Crippen molar-refractivity contribution in [1.29, 1.82) is 0 Å². The zero-order chi connectivity index (χ0) is 24.7. The lowest BCUT2D eigenvalue weighted by Gasteiger charge is -2.28. The number of carbonyl (C=O) groups is 6. The maximum Gasteiger partial charge on any atom is 0.333 e. The Balaban J connectivity index is 2.50. The number of ether oxygens (including phenoxy) is 1. The van der Waals surface area contributed by atoms with E-state index in [1.807, 2.05) is 0 Å². The molecule has 0 bridgehead atoms. The van der Waals surface area contributed by atoms with Gasteiger partial charge in [0.1, 0.15) is 0 Å². The van der Waals surface area contributed by atoms with Crippen LogP contribution in [0.4, 0.5) is 0 Å². The Morgan fingerprint density at radius 3 is 1.81 bits per heavy atom. The first-order chi connectivity index (χ1) is 14.7. The summed E-state index contributed by atoms with van der Waals surface area (Å²) in [6.45, 7) is 9.94. The van der Waals surface area contributed by atoms with Crippen molar-refractivity contribution in [2.45, 2.75) is 73.6 Å². The van der Waals surface area contributed by atoms with Crippen molar-refractivity contribution >= 4 is 35.6 Å². The topological polar surface area (TPSA) is 137 Å². The molecule has 1 heterocycles. The average molecular weight is 456 g/mol. The van der Waals surface area contributed by atoms with E-state index in [-0.39, 0.29) is 45.3 Å². The van der Waals surface area contributed by atoms with E-state index in [0.29, 0.717) is 10.1 Å². The zero-order valence-electron chi connectivity index (χ0n) is 19.5. The minimum Gasteiger partial charge on any atom is -0.380 e. The fraction of sp³-hybridized carbons (Fsp3) is 0.714. The van der Waals surface area contributed by atoms with E-state index < -0.39 is 46.4 Å². The number of nitrogens with zero attached hydrogens (tertiary/aromatic N) is 2. The lowest BCUT2D eigenvalue weighted by Crippen LogP contribution is -2.38. The van der Waals surface area contributed by atoms with Gasteiger partial charge in [0.2, 0.25) is 0 Å². The fourth-order valence-corrected chi connectivity index (χ4v) is 2.85. The molecule has 0 aromatic rings. The third kappa shape index (κ3) is 8.74. The fourth-order valence-electron chi connectivity index (χ4n) is 2.85. The molecule has 1 fully saturated rings. The van der Waals surface area contributed by atoms with E-state index in [2.05, 4.69) is 0 Å². The van der Waals surface area contributed by atoms with Crippen molar-refractivity contribution < 1.29 is 43.2 Å². The Hall–Kier alpha value is -2.82. The monoisotopic (exact) mass is 456 g/mol. The van der Waals surface area contributed by atoms with Crippen molar-refractivity contribution in [3.8, 4) is 0 Å². The molecule has 0 spiro atoms. The van der Waals surface area contributed by atoms with Gasteiger partial charge in [0, 0.05) is 26.2 Å². The first-order valence-electron chi connectivity index (χ1n) is 10.4. The maximum absolute atomic E-state index is 12.2. The quantitative estimate of drug-likeness (QED) is 0.355. The zero-order valence-corrected chi connectivity index (χ0v) is 19.5. The highest BCUT2D eigenvalue weighted by Gasteiger charge is 2.35. The summed E-state index contributed by atoms with van der Waals surface area (Å²) in [6, 6.07) is 0. The molecule has 11 nitrogen and oxygen atoms in total. The number of hydrogen-bond donors (Lipinski definition) is 0. The second-order valence-corrected chi connectivity index (χ2v) is 9.24. The Morgan fingerprint density at radius 2 is 1.38 bits per heavy atom. The highest BCUT2D eigenvalue weighted by Crippen LogP contribution is 2.26. The SMILES string of the molecule is CCC(=O)N(OC(=O)CC(C)(C)COCC(C)(C)CC(=O)ON1C(=O)CCC1=O)C(C)=O. The van der Waals surface area contributed by atoms with Crippen molar-refractivity contribution in [2.75, 3.05) is 13.2 Å². The predicted octanol–water partition coefficient (Wildman–Crippen LogP) is 1.69. The van der Waals surface area contributed by atoms with Gasteiger partial charge in [0.15, 0.2) is 0 Å². The summed E-state index contributed by atoms with van der Waals surface area (Å²) in [5, 5.41) is 0.950. The van der Waals surface area contributed by atoms with Gasteiger partial charge in [-0.15, -0.1) is 10.1 Å². The van der Waals surface area contributed by atoms with Crippen LogP contribution in [-0.4, -0.2) is 58.9 Å². The van der Waals surface area contributed by atoms with Crippen molar-refractivity contribution in [3.05, 3.63) is 0 Å². The van der Waals surface area contributed by atoms with Gasteiger partial charge in [-0.05, 0) is 10.8 Å². The minimum atomic E-state index is -0.751. The van der Waals surface area contributed by atoms with Crippen LogP contribution in [0.1, 0.15) is 73.6 Å². The van der Waals surface area contributed by atoms with Crippen molar-refractivity contribution in [3.63, 3.8) is 0 Å². The second kappa shape index (κ2) is 11.2. The van der Waals surface area contributed by atoms with E-state index in [1.54, 1.807) is 34.6 Å². The molecule has 1 saturated heterocycles. The van der Waals surface area contributed by atoms with E-state index in [4.69, 9.17) is 14.4 Å². The summed E-state index contributed by atoms with van der Waals surface area (Å²) < 4.78 is 5.69. The molecular weight excluding hydrogens is 424 g/mol. The molecule has 32 heavy (non-hydrogen) atoms. The van der Waals surface area contributed by atoms with E-state index >= 15 is 0 Å². The van der Waals surface area contributed by atoms with Crippen LogP contribution < -0.4 is 0 Å². The highest BCUT2D eigenvalue weighted by molar-refractivity contribution is 6.01. The largest absolute Gasteiger partial charge is 0.380 e. The minimum absolute atomic E-state index is 0.0109. The van der Waals surface area contributed by atoms with Crippen molar-refractivity contribution in [1.82, 2.24) is 10.1 Å². The molecule has 1 rings (SSSR count). The molecule has 4 amide bonds. The Kier molecular flexibility index (Phi) is 9.50. The number of amides is 4. The number of hydroxylamine groups is 4. The average Bonchev–Trinajstić information content (AvgIpc) is 2.95. The van der Waals surface area contributed by atoms with Crippen LogP contribution in [0, 0.1) is 10.8 Å². The Bertz CT molecular complexity index is 757. The molecule has 0 radical (unpaired) electrons. The number of imide groups is 2. The normalized spacial score (nSPS) is 14.4. The van der Waals surface area contributed by atoms with Gasteiger partial charge in [0.05, 0.1) is 26.1 Å². The number of rotatable bonds is 10. The highest BCUT2D eigenvalue weighted by atomic mass is 16.7. The number of hydrogen-bond acceptors (Lipinski definition) is 9. The Labute approximate surface area is 187 Å². The van der Waals surface area contributed by atoms with Crippen LogP contribution in [0.2, 0.25) is 0 Å². The first-order valence-corrected chi connectivity index (χ1v) is 10.4. The van der Waals surface area contributed by atoms with Gasteiger partial charge in [-0.3, -0.25) is 19.2 Å². The molecule has 0 unspecified atom stereocenters.